The van der Waals surface area contributed by atoms with Crippen molar-refractivity contribution < 1.29 is 17.6 Å². The summed E-state index contributed by atoms with van der Waals surface area (Å²) in [5, 5.41) is 0.954. The summed E-state index contributed by atoms with van der Waals surface area (Å²) in [6.07, 6.45) is 2.34. The summed E-state index contributed by atoms with van der Waals surface area (Å²) in [6, 6.07) is 14.1. The minimum atomic E-state index is -3.11. The predicted octanol–water partition coefficient (Wildman–Crippen LogP) is 5.44. The van der Waals surface area contributed by atoms with Gasteiger partial charge >= 0.3 is 0 Å². The molecule has 0 radical (unpaired) electrons. The molecule has 2 aromatic carbocycles. The van der Waals surface area contributed by atoms with E-state index in [0.29, 0.717) is 24.8 Å². The first-order valence-electron chi connectivity index (χ1n) is 11.7. The number of benzene rings is 2. The molecule has 1 amide bonds. The average molecular weight is 468 g/mol. The molecule has 1 saturated heterocycles. The van der Waals surface area contributed by atoms with E-state index < -0.39 is 9.84 Å². The van der Waals surface area contributed by atoms with Gasteiger partial charge in [0.2, 0.25) is 5.91 Å². The SMILES string of the molecule is CC(C)c1ccc(CN(C(=O)Cc2coc3ccc(C(C)C)cc23)[C@@H]2CCS(=O)(=O)C2)cc1. The zero-order chi connectivity index (χ0) is 23.8. The van der Waals surface area contributed by atoms with Crippen LogP contribution in [0, 0.1) is 0 Å². The first-order chi connectivity index (χ1) is 15.6. The summed E-state index contributed by atoms with van der Waals surface area (Å²) in [6.45, 7) is 8.98. The van der Waals surface area contributed by atoms with Crippen LogP contribution in [0.3, 0.4) is 0 Å². The molecule has 0 saturated carbocycles. The molecule has 0 aliphatic carbocycles. The second kappa shape index (κ2) is 9.34. The Bertz CT molecular complexity index is 1240. The predicted molar refractivity (Wildman–Crippen MR) is 132 cm³/mol. The van der Waals surface area contributed by atoms with Crippen LogP contribution < -0.4 is 0 Å². The summed E-state index contributed by atoms with van der Waals surface area (Å²) in [7, 11) is -3.11. The highest BCUT2D eigenvalue weighted by molar-refractivity contribution is 7.91. The quantitative estimate of drug-likeness (QED) is 0.464. The van der Waals surface area contributed by atoms with Crippen molar-refractivity contribution in [3.8, 4) is 0 Å². The Morgan fingerprint density at radius 1 is 1.03 bits per heavy atom. The Morgan fingerprint density at radius 3 is 2.30 bits per heavy atom. The van der Waals surface area contributed by atoms with Gasteiger partial charge in [-0.1, -0.05) is 58.0 Å². The van der Waals surface area contributed by atoms with Crippen molar-refractivity contribution in [3.63, 3.8) is 0 Å². The second-order valence-electron chi connectivity index (χ2n) is 9.82. The van der Waals surface area contributed by atoms with Crippen molar-refractivity contribution in [2.45, 2.75) is 65.0 Å². The first-order valence-corrected chi connectivity index (χ1v) is 13.5. The highest BCUT2D eigenvalue weighted by Crippen LogP contribution is 2.28. The number of carbonyl (C=O) groups is 1. The zero-order valence-corrected chi connectivity index (χ0v) is 20.7. The fourth-order valence-corrected chi connectivity index (χ4v) is 6.24. The standard InChI is InChI=1S/C27H33NO4S/c1-18(2)21-7-5-20(6-8-21)15-28(24-11-12-33(30,31)17-24)27(29)14-23-16-32-26-10-9-22(19(3)4)13-25(23)26/h5-10,13,16,18-19,24H,11-12,14-15,17H2,1-4H3/t24-/m1/s1. The molecule has 33 heavy (non-hydrogen) atoms. The Labute approximate surface area is 196 Å². The number of nitrogens with zero attached hydrogens (tertiary/aromatic N) is 1. The largest absolute Gasteiger partial charge is 0.464 e. The maximum absolute atomic E-state index is 13.5. The van der Waals surface area contributed by atoms with Gasteiger partial charge in [0.05, 0.1) is 24.2 Å². The van der Waals surface area contributed by atoms with Crippen molar-refractivity contribution in [3.05, 3.63) is 71.0 Å². The van der Waals surface area contributed by atoms with Crippen LogP contribution in [-0.4, -0.2) is 36.8 Å². The smallest absolute Gasteiger partial charge is 0.227 e. The van der Waals surface area contributed by atoms with Crippen molar-refractivity contribution in [1.29, 1.82) is 0 Å². The van der Waals surface area contributed by atoms with Gasteiger partial charge in [0.25, 0.3) is 0 Å². The molecule has 1 atom stereocenters. The molecule has 1 aromatic heterocycles. The maximum atomic E-state index is 13.5. The number of furan rings is 1. The summed E-state index contributed by atoms with van der Waals surface area (Å²) in [5.74, 6) is 0.915. The van der Waals surface area contributed by atoms with E-state index in [1.807, 2.05) is 18.2 Å². The Hall–Kier alpha value is -2.60. The molecule has 176 valence electrons. The molecule has 4 rings (SSSR count). The Balaban J connectivity index is 1.60. The summed E-state index contributed by atoms with van der Waals surface area (Å²) in [5.41, 5.74) is 5.06. The number of hydrogen-bond donors (Lipinski definition) is 0. The molecule has 0 bridgehead atoms. The molecule has 2 heterocycles. The number of carbonyl (C=O) groups excluding carboxylic acids is 1. The highest BCUT2D eigenvalue weighted by Gasteiger charge is 2.35. The van der Waals surface area contributed by atoms with E-state index in [-0.39, 0.29) is 29.9 Å². The van der Waals surface area contributed by atoms with E-state index in [9.17, 15) is 13.2 Å². The third-order valence-electron chi connectivity index (χ3n) is 6.65. The highest BCUT2D eigenvalue weighted by atomic mass is 32.2. The number of rotatable bonds is 7. The fraction of sp³-hybridized carbons (Fsp3) is 0.444. The molecular formula is C27H33NO4S. The molecule has 3 aromatic rings. The van der Waals surface area contributed by atoms with Crippen molar-refractivity contribution in [2.24, 2.45) is 0 Å². The van der Waals surface area contributed by atoms with E-state index in [2.05, 4.69) is 52.0 Å². The lowest BCUT2D eigenvalue weighted by Crippen LogP contribution is -2.41. The topological polar surface area (TPSA) is 67.6 Å². The van der Waals surface area contributed by atoms with Gasteiger partial charge < -0.3 is 9.32 Å². The lowest BCUT2D eigenvalue weighted by molar-refractivity contribution is -0.133. The summed E-state index contributed by atoms with van der Waals surface area (Å²) >= 11 is 0. The summed E-state index contributed by atoms with van der Waals surface area (Å²) < 4.78 is 30.1. The van der Waals surface area contributed by atoms with Gasteiger partial charge in [0, 0.05) is 23.5 Å². The van der Waals surface area contributed by atoms with Gasteiger partial charge in [0.1, 0.15) is 5.58 Å². The van der Waals surface area contributed by atoms with Crippen LogP contribution in [0.5, 0.6) is 0 Å². The number of hydrogen-bond acceptors (Lipinski definition) is 4. The van der Waals surface area contributed by atoms with Crippen LogP contribution in [-0.2, 0) is 27.6 Å². The molecule has 0 unspecified atom stereocenters. The van der Waals surface area contributed by atoms with E-state index >= 15 is 0 Å². The number of sulfone groups is 1. The third-order valence-corrected chi connectivity index (χ3v) is 8.41. The molecule has 5 nitrogen and oxygen atoms in total. The van der Waals surface area contributed by atoms with Crippen LogP contribution in [0.2, 0.25) is 0 Å². The van der Waals surface area contributed by atoms with Gasteiger partial charge in [-0.15, -0.1) is 0 Å². The van der Waals surface area contributed by atoms with E-state index in [1.54, 1.807) is 11.2 Å². The third kappa shape index (κ3) is 5.32. The Kier molecular flexibility index (Phi) is 6.66. The Morgan fingerprint density at radius 2 is 1.70 bits per heavy atom. The van der Waals surface area contributed by atoms with Gasteiger partial charge in [0.15, 0.2) is 9.84 Å². The maximum Gasteiger partial charge on any atom is 0.227 e. The fourth-order valence-electron chi connectivity index (χ4n) is 4.51. The molecule has 1 aliphatic heterocycles. The zero-order valence-electron chi connectivity index (χ0n) is 19.9. The van der Waals surface area contributed by atoms with Crippen molar-refractivity contribution >= 4 is 26.7 Å². The molecule has 1 aliphatic rings. The second-order valence-corrected chi connectivity index (χ2v) is 12.1. The molecule has 1 fully saturated rings. The van der Waals surface area contributed by atoms with E-state index in [0.717, 1.165) is 22.1 Å². The minimum Gasteiger partial charge on any atom is -0.464 e. The monoisotopic (exact) mass is 467 g/mol. The normalized spacial score (nSPS) is 17.8. The molecular weight excluding hydrogens is 434 g/mol. The van der Waals surface area contributed by atoms with E-state index in [1.165, 1.54) is 11.1 Å². The minimum absolute atomic E-state index is 0.0342. The van der Waals surface area contributed by atoms with Gasteiger partial charge in [-0.2, -0.15) is 0 Å². The number of amides is 1. The molecule has 6 heteroatoms. The van der Waals surface area contributed by atoms with Crippen molar-refractivity contribution in [1.82, 2.24) is 4.90 Å². The van der Waals surface area contributed by atoms with E-state index in [4.69, 9.17) is 4.42 Å². The lowest BCUT2D eigenvalue weighted by Gasteiger charge is -2.28. The van der Waals surface area contributed by atoms with Gasteiger partial charge in [-0.25, -0.2) is 8.42 Å². The number of fused-ring (bicyclic) bond motifs is 1. The van der Waals surface area contributed by atoms with Crippen LogP contribution in [0.1, 0.15) is 68.2 Å². The lowest BCUT2D eigenvalue weighted by atomic mass is 9.99. The van der Waals surface area contributed by atoms with Gasteiger partial charge in [-0.05, 0) is 47.1 Å². The molecule has 0 spiro atoms. The average Bonchev–Trinajstić information content (AvgIpc) is 3.34. The van der Waals surface area contributed by atoms with Crippen LogP contribution in [0.15, 0.2) is 53.1 Å². The van der Waals surface area contributed by atoms with Crippen LogP contribution >= 0.6 is 0 Å². The first kappa shape index (κ1) is 23.6. The van der Waals surface area contributed by atoms with Gasteiger partial charge in [-0.3, -0.25) is 4.79 Å². The van der Waals surface area contributed by atoms with Crippen LogP contribution in [0.4, 0.5) is 0 Å². The molecule has 0 N–H and O–H groups in total. The van der Waals surface area contributed by atoms with Crippen molar-refractivity contribution in [2.75, 3.05) is 11.5 Å². The summed E-state index contributed by atoms with van der Waals surface area (Å²) in [4.78, 5) is 15.3. The van der Waals surface area contributed by atoms with Crippen LogP contribution in [0.25, 0.3) is 11.0 Å².